The van der Waals surface area contributed by atoms with Crippen LogP contribution in [-0.4, -0.2) is 6.15 Å². The van der Waals surface area contributed by atoms with Gasteiger partial charge in [0.25, 0.3) is 0 Å². The van der Waals surface area contributed by atoms with Crippen LogP contribution in [0.25, 0.3) is 0 Å². The van der Waals surface area contributed by atoms with Crippen molar-refractivity contribution in [3.63, 3.8) is 0 Å². The molecule has 0 fully saturated rings. The Morgan fingerprint density at radius 1 is 1.27 bits per heavy atom. The Hall–Kier alpha value is -0.920. The van der Waals surface area contributed by atoms with Gasteiger partial charge in [0, 0.05) is 4.47 Å². The molecule has 2 nitrogen and oxygen atoms in total. The lowest BCUT2D eigenvalue weighted by Crippen LogP contribution is -2.08. The van der Waals surface area contributed by atoms with Gasteiger partial charge < -0.3 is 0 Å². The van der Waals surface area contributed by atoms with Gasteiger partial charge in [-0.05, 0) is 29.5 Å². The van der Waals surface area contributed by atoms with E-state index in [4.69, 9.17) is 9.59 Å². The monoisotopic (exact) mass is 270 g/mol. The van der Waals surface area contributed by atoms with Crippen LogP contribution in [0.1, 0.15) is 26.3 Å². The maximum absolute atomic E-state index is 8.12. The Morgan fingerprint density at radius 3 is 2.20 bits per heavy atom. The summed E-state index contributed by atoms with van der Waals surface area (Å²) in [7, 11) is 0. The van der Waals surface area contributed by atoms with Crippen LogP contribution in [0.15, 0.2) is 28.7 Å². The van der Waals surface area contributed by atoms with Gasteiger partial charge in [0.1, 0.15) is 0 Å². The fourth-order valence-corrected chi connectivity index (χ4v) is 1.71. The van der Waals surface area contributed by atoms with Gasteiger partial charge in [-0.25, -0.2) is 0 Å². The predicted molar refractivity (Wildman–Crippen MR) is 62.3 cm³/mol. The first kappa shape index (κ1) is 14.1. The second-order valence-corrected chi connectivity index (χ2v) is 5.37. The standard InChI is InChI=1S/C11H15Br.CO2/c1-11(2,3)8-9-5-4-6-10(12)7-9;2-1-3/h4-7H,8H2,1-3H3;. The van der Waals surface area contributed by atoms with Crippen molar-refractivity contribution in [1.82, 2.24) is 0 Å². The van der Waals surface area contributed by atoms with E-state index in [0.717, 1.165) is 6.42 Å². The minimum atomic E-state index is 0.250. The summed E-state index contributed by atoms with van der Waals surface area (Å²) in [4.78, 5) is 16.2. The summed E-state index contributed by atoms with van der Waals surface area (Å²) in [6.07, 6.45) is 1.38. The van der Waals surface area contributed by atoms with Gasteiger partial charge in [0.2, 0.25) is 0 Å². The molecular weight excluding hydrogens is 256 g/mol. The van der Waals surface area contributed by atoms with Crippen molar-refractivity contribution in [2.75, 3.05) is 0 Å². The van der Waals surface area contributed by atoms with Gasteiger partial charge in [0.15, 0.2) is 0 Å². The topological polar surface area (TPSA) is 34.1 Å². The molecule has 0 bridgehead atoms. The molecule has 0 amide bonds. The number of hydrogen-bond acceptors (Lipinski definition) is 2. The summed E-state index contributed by atoms with van der Waals surface area (Å²) in [6.45, 7) is 6.77. The maximum atomic E-state index is 8.12. The summed E-state index contributed by atoms with van der Waals surface area (Å²) >= 11 is 3.47. The highest BCUT2D eigenvalue weighted by Gasteiger charge is 2.10. The van der Waals surface area contributed by atoms with E-state index in [9.17, 15) is 0 Å². The first-order valence-electron chi connectivity index (χ1n) is 4.63. The number of hydrogen-bond donors (Lipinski definition) is 0. The van der Waals surface area contributed by atoms with Crippen molar-refractivity contribution in [2.45, 2.75) is 27.2 Å². The van der Waals surface area contributed by atoms with E-state index in [1.54, 1.807) is 0 Å². The van der Waals surface area contributed by atoms with Crippen molar-refractivity contribution < 1.29 is 9.59 Å². The van der Waals surface area contributed by atoms with Gasteiger partial charge in [-0.3, -0.25) is 0 Å². The second kappa shape index (κ2) is 6.54. The quantitative estimate of drug-likeness (QED) is 0.783. The zero-order chi connectivity index (χ0) is 11.9. The van der Waals surface area contributed by atoms with Crippen LogP contribution >= 0.6 is 15.9 Å². The molecule has 0 heterocycles. The van der Waals surface area contributed by atoms with E-state index < -0.39 is 0 Å². The van der Waals surface area contributed by atoms with Gasteiger partial charge in [-0.2, -0.15) is 9.59 Å². The van der Waals surface area contributed by atoms with Gasteiger partial charge in [0.05, 0.1) is 0 Å². The lowest BCUT2D eigenvalue weighted by Gasteiger charge is -2.17. The molecule has 3 heteroatoms. The molecular formula is C12H15BrO2. The molecule has 0 aromatic heterocycles. The van der Waals surface area contributed by atoms with Crippen LogP contribution in [0.2, 0.25) is 0 Å². The molecule has 0 aliphatic heterocycles. The zero-order valence-corrected chi connectivity index (χ0v) is 10.8. The molecule has 0 aliphatic rings. The second-order valence-electron chi connectivity index (χ2n) is 4.45. The first-order chi connectivity index (χ1) is 6.89. The Balaban J connectivity index is 0.000000583. The van der Waals surface area contributed by atoms with Crippen molar-refractivity contribution in [1.29, 1.82) is 0 Å². The molecule has 0 unspecified atom stereocenters. The molecule has 1 aromatic rings. The Morgan fingerprint density at radius 2 is 1.80 bits per heavy atom. The smallest absolute Gasteiger partial charge is 0.186 e. The average molecular weight is 271 g/mol. The molecule has 0 saturated heterocycles. The molecule has 0 spiro atoms. The highest BCUT2D eigenvalue weighted by molar-refractivity contribution is 9.10. The van der Waals surface area contributed by atoms with Crippen LogP contribution in [0.5, 0.6) is 0 Å². The van der Waals surface area contributed by atoms with Crippen LogP contribution in [0, 0.1) is 5.41 Å². The van der Waals surface area contributed by atoms with E-state index in [1.165, 1.54) is 10.0 Å². The minimum Gasteiger partial charge on any atom is -0.186 e. The Kier molecular flexibility index (Phi) is 6.14. The summed E-state index contributed by atoms with van der Waals surface area (Å²) in [5.41, 5.74) is 1.78. The van der Waals surface area contributed by atoms with E-state index >= 15 is 0 Å². The van der Waals surface area contributed by atoms with Crippen molar-refractivity contribution in [2.24, 2.45) is 5.41 Å². The third kappa shape index (κ3) is 8.10. The molecule has 0 saturated carbocycles. The molecule has 15 heavy (non-hydrogen) atoms. The lowest BCUT2D eigenvalue weighted by molar-refractivity contribution is -0.191. The average Bonchev–Trinajstić information content (AvgIpc) is 2.01. The number of benzene rings is 1. The SMILES string of the molecule is CC(C)(C)Cc1cccc(Br)c1.O=C=O. The van der Waals surface area contributed by atoms with Crippen molar-refractivity contribution >= 4 is 22.1 Å². The third-order valence-corrected chi connectivity index (χ3v) is 2.12. The van der Waals surface area contributed by atoms with E-state index in [1.807, 2.05) is 0 Å². The molecule has 1 aromatic carbocycles. The predicted octanol–water partition coefficient (Wildman–Crippen LogP) is 3.45. The highest BCUT2D eigenvalue weighted by atomic mass is 79.9. The largest absolute Gasteiger partial charge is 0.373 e. The van der Waals surface area contributed by atoms with Crippen molar-refractivity contribution in [3.8, 4) is 0 Å². The fraction of sp³-hybridized carbons (Fsp3) is 0.417. The zero-order valence-electron chi connectivity index (χ0n) is 9.21. The van der Waals surface area contributed by atoms with Crippen LogP contribution < -0.4 is 0 Å². The van der Waals surface area contributed by atoms with E-state index in [2.05, 4.69) is 61.0 Å². The summed E-state index contributed by atoms with van der Waals surface area (Å²) < 4.78 is 1.17. The number of halogens is 1. The van der Waals surface area contributed by atoms with Crippen LogP contribution in [0.3, 0.4) is 0 Å². The van der Waals surface area contributed by atoms with E-state index in [0.29, 0.717) is 5.41 Å². The van der Waals surface area contributed by atoms with Gasteiger partial charge in [-0.1, -0.05) is 48.8 Å². The lowest BCUT2D eigenvalue weighted by atomic mass is 9.88. The molecule has 0 aliphatic carbocycles. The van der Waals surface area contributed by atoms with Crippen LogP contribution in [0.4, 0.5) is 0 Å². The van der Waals surface area contributed by atoms with E-state index in [-0.39, 0.29) is 6.15 Å². The fourth-order valence-electron chi connectivity index (χ4n) is 1.26. The molecule has 82 valence electrons. The summed E-state index contributed by atoms with van der Waals surface area (Å²) in [5.74, 6) is 0. The third-order valence-electron chi connectivity index (χ3n) is 1.62. The first-order valence-corrected chi connectivity index (χ1v) is 5.42. The minimum absolute atomic E-state index is 0.250. The molecule has 0 N–H and O–H groups in total. The highest BCUT2D eigenvalue weighted by Crippen LogP contribution is 2.22. The summed E-state index contributed by atoms with van der Waals surface area (Å²) in [5, 5.41) is 0. The van der Waals surface area contributed by atoms with Gasteiger partial charge in [-0.15, -0.1) is 0 Å². The molecule has 1 rings (SSSR count). The van der Waals surface area contributed by atoms with Crippen LogP contribution in [-0.2, 0) is 16.0 Å². The maximum Gasteiger partial charge on any atom is 0.373 e. The molecule has 0 atom stereocenters. The van der Waals surface area contributed by atoms with Crippen molar-refractivity contribution in [3.05, 3.63) is 34.3 Å². The molecule has 0 radical (unpaired) electrons. The van der Waals surface area contributed by atoms with Gasteiger partial charge >= 0.3 is 6.15 Å². The number of carbonyl (C=O) groups excluding carboxylic acids is 2. The number of rotatable bonds is 1. The Labute approximate surface area is 98.8 Å². The Bertz CT molecular complexity index is 334. The summed E-state index contributed by atoms with van der Waals surface area (Å²) in [6, 6.07) is 8.51. The normalized spacial score (nSPS) is 9.87.